The molecule has 0 unspecified atom stereocenters. The Morgan fingerprint density at radius 2 is 1.50 bits per heavy atom. The molecule has 0 aliphatic rings. The van der Waals surface area contributed by atoms with E-state index in [-0.39, 0.29) is 6.54 Å². The van der Waals surface area contributed by atoms with Crippen molar-refractivity contribution in [1.82, 2.24) is 4.31 Å². The van der Waals surface area contributed by atoms with Crippen LogP contribution in [0.5, 0.6) is 0 Å². The highest BCUT2D eigenvalue weighted by Crippen LogP contribution is 2.11. The summed E-state index contributed by atoms with van der Waals surface area (Å²) in [5.41, 5.74) is 1.14. The molecule has 0 aliphatic heterocycles. The first-order valence-corrected chi connectivity index (χ1v) is 10.7. The molecule has 22 heavy (non-hydrogen) atoms. The highest BCUT2D eigenvalue weighted by atomic mass is 36.0. The lowest BCUT2D eigenvalue weighted by Crippen LogP contribution is -2.21. The fourth-order valence-corrected chi connectivity index (χ4v) is 1.65. The quantitative estimate of drug-likeness (QED) is 0.555. The van der Waals surface area contributed by atoms with Gasteiger partial charge >= 0.3 is 14.2 Å². The van der Waals surface area contributed by atoms with E-state index in [1.54, 1.807) is 24.3 Å². The minimum Gasteiger partial charge on any atom is -0.465 e. The van der Waals surface area contributed by atoms with Crippen molar-refractivity contribution in [3.8, 4) is 0 Å². The van der Waals surface area contributed by atoms with Crippen LogP contribution < -0.4 is 0 Å². The molecule has 7 nitrogen and oxygen atoms in total. The Balaban J connectivity index is 0.000000763. The molecule has 0 spiro atoms. The van der Waals surface area contributed by atoms with Crippen LogP contribution in [0.1, 0.15) is 15.9 Å². The van der Waals surface area contributed by atoms with Gasteiger partial charge in [-0.05, 0) is 17.7 Å². The van der Waals surface area contributed by atoms with Crippen LogP contribution in [-0.2, 0) is 28.8 Å². The summed E-state index contributed by atoms with van der Waals surface area (Å²) in [7, 11) is 8.92. The van der Waals surface area contributed by atoms with Gasteiger partial charge in [0, 0.05) is 45.6 Å². The maximum absolute atomic E-state index is 11.2. The normalized spacial score (nSPS) is 11.5. The number of rotatable bonds is 4. The van der Waals surface area contributed by atoms with Crippen molar-refractivity contribution in [2.45, 2.75) is 6.54 Å². The third-order valence-corrected chi connectivity index (χ3v) is 3.73. The van der Waals surface area contributed by atoms with E-state index in [1.807, 2.05) is 0 Å². The maximum Gasteiger partial charge on any atom is 0.337 e. The van der Waals surface area contributed by atoms with Crippen LogP contribution in [0.25, 0.3) is 0 Å². The van der Waals surface area contributed by atoms with Gasteiger partial charge in [0.1, 0.15) is 0 Å². The van der Waals surface area contributed by atoms with Gasteiger partial charge in [0.2, 0.25) is 0 Å². The zero-order valence-corrected chi connectivity index (χ0v) is 15.3. The molecule has 1 aromatic carbocycles. The van der Waals surface area contributed by atoms with E-state index in [0.29, 0.717) is 5.56 Å². The van der Waals surface area contributed by atoms with Gasteiger partial charge in [-0.3, -0.25) is 0 Å². The second-order valence-electron chi connectivity index (χ2n) is 3.76. The molecule has 0 saturated heterocycles. The summed E-state index contributed by atoms with van der Waals surface area (Å²) < 4.78 is 45.8. The average Bonchev–Trinajstić information content (AvgIpc) is 2.35. The van der Waals surface area contributed by atoms with Crippen LogP contribution in [0.2, 0.25) is 0 Å². The van der Waals surface area contributed by atoms with Gasteiger partial charge < -0.3 is 4.74 Å². The highest BCUT2D eigenvalue weighted by molar-refractivity contribution is 8.31. The molecule has 0 radical (unpaired) electrons. The number of hydrogen-bond acceptors (Lipinski definition) is 6. The van der Waals surface area contributed by atoms with Gasteiger partial charge in [0.15, 0.2) is 0 Å². The second-order valence-corrected chi connectivity index (χ2v) is 10.1. The topological polar surface area (TPSA) is 97.8 Å². The van der Waals surface area contributed by atoms with Gasteiger partial charge in [0.25, 0.3) is 9.24 Å². The van der Waals surface area contributed by atoms with Crippen molar-refractivity contribution in [3.63, 3.8) is 0 Å². The van der Waals surface area contributed by atoms with Crippen LogP contribution in [0.15, 0.2) is 24.3 Å². The monoisotopic (exact) mass is 411 g/mol. The standard InChI is InChI=1S/C10H12ClNO4S.Cl2O2S/c1-12(17(11,14)15)7-8-3-5-9(6-4-8)10(13)16-2;1-5(2,3)4/h3-6H,7H2,1-2H3;. The molecule has 0 N–H and O–H groups in total. The summed E-state index contributed by atoms with van der Waals surface area (Å²) in [6, 6.07) is 6.42. The van der Waals surface area contributed by atoms with Gasteiger partial charge in [0.05, 0.1) is 12.7 Å². The number of esters is 1. The molecule has 0 atom stereocenters. The molecule has 0 saturated carbocycles. The first kappa shape index (κ1) is 21.4. The Kier molecular flexibility index (Phi) is 8.66. The largest absolute Gasteiger partial charge is 0.465 e. The van der Waals surface area contributed by atoms with E-state index in [9.17, 15) is 13.2 Å². The molecule has 0 fully saturated rings. The molecule has 0 amide bonds. The Morgan fingerprint density at radius 1 is 1.09 bits per heavy atom. The third kappa shape index (κ3) is 10.2. The van der Waals surface area contributed by atoms with Crippen molar-refractivity contribution in [2.24, 2.45) is 0 Å². The lowest BCUT2D eigenvalue weighted by atomic mass is 10.1. The zero-order chi connectivity index (χ0) is 17.6. The van der Waals surface area contributed by atoms with E-state index in [2.05, 4.69) is 26.1 Å². The van der Waals surface area contributed by atoms with Crippen LogP contribution in [0.3, 0.4) is 0 Å². The number of halogens is 3. The Bertz CT molecular complexity index is 695. The fourth-order valence-electron chi connectivity index (χ4n) is 1.20. The summed E-state index contributed by atoms with van der Waals surface area (Å²) in [5, 5.41) is 0. The summed E-state index contributed by atoms with van der Waals surface area (Å²) in [5.74, 6) is -0.435. The Morgan fingerprint density at radius 3 is 1.82 bits per heavy atom. The first-order chi connectivity index (χ1) is 9.84. The van der Waals surface area contributed by atoms with Crippen molar-refractivity contribution >= 4 is 55.5 Å². The van der Waals surface area contributed by atoms with E-state index in [0.717, 1.165) is 9.87 Å². The summed E-state index contributed by atoms with van der Waals surface area (Å²) in [6.45, 7) is 0.146. The lowest BCUT2D eigenvalue weighted by Gasteiger charge is -2.12. The first-order valence-electron chi connectivity index (χ1n) is 5.32. The maximum atomic E-state index is 11.2. The number of carbonyl (C=O) groups is 1. The van der Waals surface area contributed by atoms with Gasteiger partial charge in [-0.1, -0.05) is 12.1 Å². The molecule has 1 aromatic rings. The molecule has 0 aromatic heterocycles. The summed E-state index contributed by atoms with van der Waals surface area (Å²) in [4.78, 5) is 11.2. The SMILES string of the molecule is COC(=O)c1ccc(CN(C)S(=O)(=O)Cl)cc1.O=S(=O)(Cl)Cl. The molecular formula is C10H12Cl3NO6S2. The number of methoxy groups -OCH3 is 1. The number of hydrogen-bond donors (Lipinski definition) is 0. The predicted octanol–water partition coefficient (Wildman–Crippen LogP) is 2.10. The van der Waals surface area contributed by atoms with E-state index in [1.165, 1.54) is 14.2 Å². The zero-order valence-electron chi connectivity index (χ0n) is 11.4. The van der Waals surface area contributed by atoms with Crippen molar-refractivity contribution in [3.05, 3.63) is 35.4 Å². The van der Waals surface area contributed by atoms with Crippen LogP contribution in [-0.4, -0.2) is 41.3 Å². The number of ether oxygens (including phenoxy) is 1. The van der Waals surface area contributed by atoms with Gasteiger partial charge in [-0.15, -0.1) is 0 Å². The minimum absolute atomic E-state index is 0.146. The van der Waals surface area contributed by atoms with Crippen molar-refractivity contribution in [2.75, 3.05) is 14.2 Å². The number of benzene rings is 1. The van der Waals surface area contributed by atoms with Crippen LogP contribution in [0.4, 0.5) is 0 Å². The van der Waals surface area contributed by atoms with Crippen LogP contribution >= 0.6 is 32.0 Å². The van der Waals surface area contributed by atoms with Gasteiger partial charge in [-0.25, -0.2) is 4.79 Å². The van der Waals surface area contributed by atoms with E-state index >= 15 is 0 Å². The minimum atomic E-state index is -3.72. The molecule has 0 aliphatic carbocycles. The molecular weight excluding hydrogens is 401 g/mol. The van der Waals surface area contributed by atoms with Crippen LogP contribution in [0, 0.1) is 0 Å². The third-order valence-electron chi connectivity index (χ3n) is 2.15. The second kappa shape index (κ2) is 8.90. The fraction of sp³-hybridized carbons (Fsp3) is 0.300. The predicted molar refractivity (Wildman–Crippen MR) is 84.6 cm³/mol. The smallest absolute Gasteiger partial charge is 0.337 e. The molecule has 0 bridgehead atoms. The van der Waals surface area contributed by atoms with Crippen molar-refractivity contribution < 1.29 is 26.4 Å². The summed E-state index contributed by atoms with van der Waals surface area (Å²) in [6.07, 6.45) is 0. The average molecular weight is 413 g/mol. The molecule has 1 rings (SSSR count). The number of nitrogens with zero attached hydrogens (tertiary/aromatic N) is 1. The molecule has 126 valence electrons. The lowest BCUT2D eigenvalue weighted by molar-refractivity contribution is 0.0600. The van der Waals surface area contributed by atoms with Crippen molar-refractivity contribution in [1.29, 1.82) is 0 Å². The Hall–Kier alpha value is -0.580. The molecule has 12 heteroatoms. The van der Waals surface area contributed by atoms with E-state index < -0.39 is 23.5 Å². The Labute approximate surface area is 142 Å². The van der Waals surface area contributed by atoms with E-state index in [4.69, 9.17) is 19.1 Å². The molecule has 0 heterocycles. The highest BCUT2D eigenvalue weighted by Gasteiger charge is 2.14. The van der Waals surface area contributed by atoms with Gasteiger partial charge in [-0.2, -0.15) is 21.1 Å². The summed E-state index contributed by atoms with van der Waals surface area (Å²) >= 11 is 0. The number of carbonyl (C=O) groups excluding carboxylic acids is 1.